The Bertz CT molecular complexity index is 566. The van der Waals surface area contributed by atoms with Gasteiger partial charge in [0.15, 0.2) is 0 Å². The van der Waals surface area contributed by atoms with Crippen LogP contribution in [0.1, 0.15) is 35.7 Å². The fraction of sp³-hybridized carbons (Fsp3) is 0.500. The number of terminal acetylenes is 1. The molecule has 1 atom stereocenters. The van der Waals surface area contributed by atoms with Gasteiger partial charge >= 0.3 is 0 Å². The van der Waals surface area contributed by atoms with Crippen molar-refractivity contribution in [2.75, 3.05) is 26.8 Å². The number of fused-ring (bicyclic) bond motifs is 1. The lowest BCUT2D eigenvalue weighted by Crippen LogP contribution is -2.52. The second-order valence-electron chi connectivity index (χ2n) is 6.04. The van der Waals surface area contributed by atoms with Gasteiger partial charge in [-0.2, -0.15) is 0 Å². The van der Waals surface area contributed by atoms with E-state index in [1.165, 1.54) is 0 Å². The smallest absolute Gasteiger partial charge is 0.265 e. The standard InChI is InChI=1S/C18H26N4O/c1-4-8-16(13-21(3)11-5-2)19-14-22-12-15-9-6-7-10-17(15)18(23)20-22/h2,6-7,9-10,16,19H,4,8,11-14H2,1,3H3,(H,20,23). The van der Waals surface area contributed by atoms with E-state index < -0.39 is 0 Å². The van der Waals surface area contributed by atoms with Crippen LogP contribution in [-0.2, 0) is 6.54 Å². The molecule has 0 saturated carbocycles. The molecule has 0 spiro atoms. The Kier molecular flexibility index (Phi) is 6.60. The van der Waals surface area contributed by atoms with Crippen molar-refractivity contribution >= 4 is 5.91 Å². The van der Waals surface area contributed by atoms with Crippen LogP contribution in [0.3, 0.4) is 0 Å². The average Bonchev–Trinajstić information content (AvgIpc) is 2.53. The van der Waals surface area contributed by atoms with Crippen LogP contribution in [0.25, 0.3) is 0 Å². The SMILES string of the molecule is C#CCN(C)CC(CCC)NCN1Cc2ccccc2C(=O)N1. The van der Waals surface area contributed by atoms with Crippen LogP contribution in [0.5, 0.6) is 0 Å². The lowest BCUT2D eigenvalue weighted by molar-refractivity contribution is 0.0697. The maximum absolute atomic E-state index is 12.1. The Morgan fingerprint density at radius 2 is 2.26 bits per heavy atom. The Hall–Kier alpha value is -1.87. The molecule has 0 aliphatic carbocycles. The van der Waals surface area contributed by atoms with Crippen LogP contribution < -0.4 is 10.7 Å². The molecule has 23 heavy (non-hydrogen) atoms. The highest BCUT2D eigenvalue weighted by Gasteiger charge is 2.22. The molecule has 0 bridgehead atoms. The Labute approximate surface area is 139 Å². The summed E-state index contributed by atoms with van der Waals surface area (Å²) in [5.74, 6) is 2.63. The third-order valence-corrected chi connectivity index (χ3v) is 3.98. The van der Waals surface area contributed by atoms with Gasteiger partial charge < -0.3 is 0 Å². The predicted molar refractivity (Wildman–Crippen MR) is 92.5 cm³/mol. The van der Waals surface area contributed by atoms with Crippen molar-refractivity contribution in [3.8, 4) is 12.3 Å². The molecule has 1 amide bonds. The van der Waals surface area contributed by atoms with Crippen molar-refractivity contribution < 1.29 is 4.79 Å². The molecule has 124 valence electrons. The highest BCUT2D eigenvalue weighted by atomic mass is 16.2. The third kappa shape index (κ3) is 5.07. The third-order valence-electron chi connectivity index (χ3n) is 3.98. The first-order valence-electron chi connectivity index (χ1n) is 8.13. The van der Waals surface area contributed by atoms with Crippen LogP contribution >= 0.6 is 0 Å². The maximum Gasteiger partial charge on any atom is 0.265 e. The molecule has 2 N–H and O–H groups in total. The van der Waals surface area contributed by atoms with Crippen molar-refractivity contribution in [2.45, 2.75) is 32.4 Å². The summed E-state index contributed by atoms with van der Waals surface area (Å²) < 4.78 is 0. The molecule has 0 aromatic heterocycles. The van der Waals surface area contributed by atoms with Crippen LogP contribution in [0.15, 0.2) is 24.3 Å². The minimum absolute atomic E-state index is 0.0369. The zero-order valence-corrected chi connectivity index (χ0v) is 14.0. The molecule has 1 aliphatic rings. The molecule has 1 aromatic rings. The number of amides is 1. The number of hydrazine groups is 1. The summed E-state index contributed by atoms with van der Waals surface area (Å²) in [7, 11) is 2.03. The lowest BCUT2D eigenvalue weighted by Gasteiger charge is -2.31. The number of likely N-dealkylation sites (N-methyl/N-ethyl adjacent to an activating group) is 1. The molecule has 1 unspecified atom stereocenters. The predicted octanol–water partition coefficient (Wildman–Crippen LogP) is 1.43. The molecule has 1 aliphatic heterocycles. The first kappa shape index (κ1) is 17.5. The zero-order chi connectivity index (χ0) is 16.7. The van der Waals surface area contributed by atoms with Gasteiger partial charge in [-0.25, -0.2) is 5.01 Å². The number of carbonyl (C=O) groups excluding carboxylic acids is 1. The van der Waals surface area contributed by atoms with Gasteiger partial charge in [0.1, 0.15) is 0 Å². The van der Waals surface area contributed by atoms with Crippen molar-refractivity contribution in [1.82, 2.24) is 20.7 Å². The minimum atomic E-state index is -0.0369. The first-order chi connectivity index (χ1) is 11.1. The summed E-state index contributed by atoms with van der Waals surface area (Å²) in [4.78, 5) is 14.3. The summed E-state index contributed by atoms with van der Waals surface area (Å²) in [6.45, 7) is 5.06. The van der Waals surface area contributed by atoms with E-state index in [1.807, 2.05) is 36.3 Å². The maximum atomic E-state index is 12.1. The van der Waals surface area contributed by atoms with E-state index in [0.29, 0.717) is 25.8 Å². The van der Waals surface area contributed by atoms with Gasteiger partial charge in [-0.15, -0.1) is 6.42 Å². The molecule has 1 aromatic carbocycles. The van der Waals surface area contributed by atoms with E-state index in [9.17, 15) is 4.79 Å². The normalized spacial score (nSPS) is 15.8. The van der Waals surface area contributed by atoms with Gasteiger partial charge in [0.05, 0.1) is 13.2 Å². The number of nitrogens with zero attached hydrogens (tertiary/aromatic N) is 2. The topological polar surface area (TPSA) is 47.6 Å². The Morgan fingerprint density at radius 3 is 3.00 bits per heavy atom. The number of rotatable bonds is 8. The van der Waals surface area contributed by atoms with Gasteiger partial charge in [0.25, 0.3) is 5.91 Å². The number of hydrogen-bond acceptors (Lipinski definition) is 4. The van der Waals surface area contributed by atoms with Crippen molar-refractivity contribution in [3.05, 3.63) is 35.4 Å². The van der Waals surface area contributed by atoms with Crippen molar-refractivity contribution in [1.29, 1.82) is 0 Å². The summed E-state index contributed by atoms with van der Waals surface area (Å²) >= 11 is 0. The minimum Gasteiger partial charge on any atom is -0.299 e. The molecule has 2 rings (SSSR count). The molecule has 5 nitrogen and oxygen atoms in total. The Balaban J connectivity index is 1.89. The number of hydrogen-bond donors (Lipinski definition) is 2. The van der Waals surface area contributed by atoms with E-state index in [-0.39, 0.29) is 5.91 Å². The second-order valence-corrected chi connectivity index (χ2v) is 6.04. The van der Waals surface area contributed by atoms with Crippen LogP contribution in [0, 0.1) is 12.3 Å². The lowest BCUT2D eigenvalue weighted by atomic mass is 10.1. The van der Waals surface area contributed by atoms with E-state index in [4.69, 9.17) is 6.42 Å². The fourth-order valence-corrected chi connectivity index (χ4v) is 2.87. The van der Waals surface area contributed by atoms with E-state index in [1.54, 1.807) is 0 Å². The van der Waals surface area contributed by atoms with Gasteiger partial charge in [0, 0.05) is 24.7 Å². The monoisotopic (exact) mass is 314 g/mol. The van der Waals surface area contributed by atoms with Gasteiger partial charge in [-0.3, -0.25) is 20.4 Å². The van der Waals surface area contributed by atoms with Crippen LogP contribution in [0.4, 0.5) is 0 Å². The molecular weight excluding hydrogens is 288 g/mol. The van der Waals surface area contributed by atoms with E-state index >= 15 is 0 Å². The summed E-state index contributed by atoms with van der Waals surface area (Å²) in [6, 6.07) is 8.09. The second kappa shape index (κ2) is 8.68. The molecule has 1 heterocycles. The molecular formula is C18H26N4O. The van der Waals surface area contributed by atoms with Gasteiger partial charge in [-0.1, -0.05) is 37.5 Å². The molecule has 0 fully saturated rings. The van der Waals surface area contributed by atoms with Gasteiger partial charge in [0.2, 0.25) is 0 Å². The summed E-state index contributed by atoms with van der Waals surface area (Å²) in [6.07, 6.45) is 7.55. The fourth-order valence-electron chi connectivity index (χ4n) is 2.87. The molecule has 0 saturated heterocycles. The van der Waals surface area contributed by atoms with E-state index in [0.717, 1.165) is 30.5 Å². The molecule has 5 heteroatoms. The first-order valence-corrected chi connectivity index (χ1v) is 8.13. The largest absolute Gasteiger partial charge is 0.299 e. The van der Waals surface area contributed by atoms with Crippen LogP contribution in [0.2, 0.25) is 0 Å². The number of nitrogens with one attached hydrogen (secondary N) is 2. The number of benzene rings is 1. The van der Waals surface area contributed by atoms with Gasteiger partial charge in [-0.05, 0) is 25.1 Å². The molecule has 0 radical (unpaired) electrons. The average molecular weight is 314 g/mol. The Morgan fingerprint density at radius 1 is 1.48 bits per heavy atom. The summed E-state index contributed by atoms with van der Waals surface area (Å²) in [5, 5.41) is 5.46. The van der Waals surface area contributed by atoms with Crippen molar-refractivity contribution in [3.63, 3.8) is 0 Å². The van der Waals surface area contributed by atoms with E-state index in [2.05, 4.69) is 28.5 Å². The highest BCUT2D eigenvalue weighted by Crippen LogP contribution is 2.15. The number of carbonyl (C=O) groups is 1. The highest BCUT2D eigenvalue weighted by molar-refractivity contribution is 5.96. The zero-order valence-electron chi connectivity index (χ0n) is 14.0. The summed E-state index contributed by atoms with van der Waals surface area (Å²) in [5.41, 5.74) is 4.77. The van der Waals surface area contributed by atoms with Crippen molar-refractivity contribution in [2.24, 2.45) is 0 Å². The quantitative estimate of drug-likeness (QED) is 0.713. The van der Waals surface area contributed by atoms with Crippen LogP contribution in [-0.4, -0.2) is 48.7 Å².